The van der Waals surface area contributed by atoms with Gasteiger partial charge in [0, 0.05) is 10.9 Å². The molecule has 9 atom stereocenters. The average Bonchev–Trinajstić information content (AvgIpc) is 2.77. The molecule has 0 saturated carbocycles. The van der Waals surface area contributed by atoms with Crippen LogP contribution < -0.4 is 0 Å². The molecule has 0 bridgehead atoms. The Morgan fingerprint density at radius 3 is 1.91 bits per heavy atom. The average molecular weight is 345 g/mol. The van der Waals surface area contributed by atoms with E-state index in [0.29, 0.717) is 0 Å². The lowest BCUT2D eigenvalue weighted by molar-refractivity contribution is -0.136. The van der Waals surface area contributed by atoms with Gasteiger partial charge in [-0.2, -0.15) is 0 Å². The Bertz CT molecular complexity index is 334. The normalized spacial score (nSPS) is 35.9. The fourth-order valence-electron chi connectivity index (χ4n) is 2.37. The second-order valence-electron chi connectivity index (χ2n) is 5.44. The highest BCUT2D eigenvalue weighted by molar-refractivity contribution is 7.97. The summed E-state index contributed by atoms with van der Waals surface area (Å²) in [5, 5.41) is 84.7. The molecule has 1 fully saturated rings. The van der Waals surface area contributed by atoms with E-state index in [1.165, 1.54) is 0 Å². The van der Waals surface area contributed by atoms with Gasteiger partial charge in [0.25, 0.3) is 0 Å². The molecule has 1 saturated heterocycles. The van der Waals surface area contributed by atoms with Crippen LogP contribution in [0.3, 0.4) is 0 Å². The molecular formula is C12H25O9S+. The molecule has 1 heterocycles. The van der Waals surface area contributed by atoms with Crippen LogP contribution in [-0.4, -0.2) is 119 Å². The Balaban J connectivity index is 2.62. The van der Waals surface area contributed by atoms with Gasteiger partial charge in [-0.3, -0.25) is 0 Å². The van der Waals surface area contributed by atoms with Crippen LogP contribution in [0.4, 0.5) is 0 Å². The molecule has 0 spiro atoms. The van der Waals surface area contributed by atoms with E-state index < -0.39 is 72.1 Å². The summed E-state index contributed by atoms with van der Waals surface area (Å²) in [6.07, 6.45) is -10.8. The van der Waals surface area contributed by atoms with Crippen molar-refractivity contribution < 1.29 is 46.0 Å². The minimum absolute atomic E-state index is 0.0977. The SMILES string of the molecule is OC[C@@H]1[C@@H](O)[C@H](O)C[S+]1C[C@@H](O)[C@@H](O)[C@H](O)[C@@H](O)[C@@H](O)CO. The van der Waals surface area contributed by atoms with Gasteiger partial charge in [-0.15, -0.1) is 0 Å². The van der Waals surface area contributed by atoms with Crippen molar-refractivity contribution in [2.45, 2.75) is 48.0 Å². The summed E-state index contributed by atoms with van der Waals surface area (Å²) >= 11 is 0. The van der Waals surface area contributed by atoms with Crippen LogP contribution in [0.2, 0.25) is 0 Å². The van der Waals surface area contributed by atoms with Crippen LogP contribution >= 0.6 is 0 Å². The van der Waals surface area contributed by atoms with Crippen LogP contribution in [0, 0.1) is 0 Å². The molecule has 10 heteroatoms. The van der Waals surface area contributed by atoms with Crippen molar-refractivity contribution in [1.82, 2.24) is 0 Å². The molecule has 1 aliphatic rings. The predicted molar refractivity (Wildman–Crippen MR) is 77.1 cm³/mol. The number of aliphatic hydroxyl groups is 9. The fraction of sp³-hybridized carbons (Fsp3) is 1.00. The van der Waals surface area contributed by atoms with E-state index in [4.69, 9.17) is 5.11 Å². The highest BCUT2D eigenvalue weighted by atomic mass is 32.2. The molecule has 22 heavy (non-hydrogen) atoms. The quantitative estimate of drug-likeness (QED) is 0.194. The molecule has 0 aromatic carbocycles. The first-order valence-corrected chi connectivity index (χ1v) is 8.51. The van der Waals surface area contributed by atoms with E-state index in [9.17, 15) is 40.9 Å². The van der Waals surface area contributed by atoms with Gasteiger partial charge in [-0.05, 0) is 0 Å². The minimum Gasteiger partial charge on any atom is -0.394 e. The Morgan fingerprint density at radius 2 is 1.41 bits per heavy atom. The fourth-order valence-corrected chi connectivity index (χ4v) is 5.06. The zero-order valence-corrected chi connectivity index (χ0v) is 12.7. The van der Waals surface area contributed by atoms with E-state index >= 15 is 0 Å². The van der Waals surface area contributed by atoms with Crippen molar-refractivity contribution >= 4 is 10.9 Å². The molecule has 9 N–H and O–H groups in total. The van der Waals surface area contributed by atoms with Crippen molar-refractivity contribution in [3.63, 3.8) is 0 Å². The largest absolute Gasteiger partial charge is 0.394 e. The van der Waals surface area contributed by atoms with Crippen molar-refractivity contribution in [1.29, 1.82) is 0 Å². The maximum Gasteiger partial charge on any atom is 0.169 e. The third-order valence-electron chi connectivity index (χ3n) is 3.83. The van der Waals surface area contributed by atoms with E-state index in [0.717, 1.165) is 0 Å². The van der Waals surface area contributed by atoms with E-state index in [1.807, 2.05) is 0 Å². The third-order valence-corrected chi connectivity index (χ3v) is 6.65. The van der Waals surface area contributed by atoms with Crippen molar-refractivity contribution in [2.75, 3.05) is 24.7 Å². The Morgan fingerprint density at radius 1 is 0.864 bits per heavy atom. The maximum atomic E-state index is 9.93. The highest BCUT2D eigenvalue weighted by Gasteiger charge is 2.51. The van der Waals surface area contributed by atoms with Crippen LogP contribution in [0.25, 0.3) is 0 Å². The van der Waals surface area contributed by atoms with Gasteiger partial charge >= 0.3 is 0 Å². The molecule has 0 aromatic heterocycles. The van der Waals surface area contributed by atoms with E-state index in [2.05, 4.69) is 0 Å². The first-order valence-electron chi connectivity index (χ1n) is 6.89. The molecule has 0 amide bonds. The van der Waals surface area contributed by atoms with Crippen molar-refractivity contribution in [3.05, 3.63) is 0 Å². The summed E-state index contributed by atoms with van der Waals surface area (Å²) in [5.74, 6) is 0.0492. The Kier molecular flexibility index (Phi) is 7.95. The van der Waals surface area contributed by atoms with E-state index in [1.54, 1.807) is 0 Å². The number of aliphatic hydroxyl groups excluding tert-OH is 9. The van der Waals surface area contributed by atoms with Crippen molar-refractivity contribution in [3.8, 4) is 0 Å². The first kappa shape index (κ1) is 20.0. The zero-order chi connectivity index (χ0) is 17.0. The maximum absolute atomic E-state index is 9.93. The Hall–Kier alpha value is -0.0100. The first-order chi connectivity index (χ1) is 10.2. The second kappa shape index (κ2) is 8.73. The smallest absolute Gasteiger partial charge is 0.169 e. The molecule has 0 aliphatic carbocycles. The standard InChI is InChI=1S/C12H25O9S/c13-1-5(15)10(19)12(21)11(20)7(17)4-22-3-6(16)9(18)8(22)2-14/h5-21H,1-4H2/q+1/t5-,6+,7+,8+,9-,10-,11+,12+,22?/m0/s1. The van der Waals surface area contributed by atoms with Gasteiger partial charge in [0.2, 0.25) is 0 Å². The number of rotatable bonds is 8. The summed E-state index contributed by atoms with van der Waals surface area (Å²) in [5.41, 5.74) is 0. The summed E-state index contributed by atoms with van der Waals surface area (Å²) in [6, 6.07) is 0. The molecule has 1 aliphatic heterocycles. The minimum atomic E-state index is -1.88. The molecule has 9 nitrogen and oxygen atoms in total. The molecular weight excluding hydrogens is 320 g/mol. The monoisotopic (exact) mass is 345 g/mol. The zero-order valence-electron chi connectivity index (χ0n) is 11.9. The van der Waals surface area contributed by atoms with Gasteiger partial charge in [0.15, 0.2) is 5.25 Å². The predicted octanol–water partition coefficient (Wildman–Crippen LogP) is -5.50. The van der Waals surface area contributed by atoms with Gasteiger partial charge < -0.3 is 46.0 Å². The third kappa shape index (κ3) is 4.51. The molecule has 0 aromatic rings. The molecule has 0 radical (unpaired) electrons. The Labute approximate surface area is 130 Å². The molecule has 1 unspecified atom stereocenters. The van der Waals surface area contributed by atoms with Gasteiger partial charge in [-0.25, -0.2) is 0 Å². The van der Waals surface area contributed by atoms with Crippen LogP contribution in [0.1, 0.15) is 0 Å². The lowest BCUT2D eigenvalue weighted by Crippen LogP contribution is -2.52. The van der Waals surface area contributed by atoms with Crippen LogP contribution in [-0.2, 0) is 10.9 Å². The lowest BCUT2D eigenvalue weighted by atomic mass is 10.0. The van der Waals surface area contributed by atoms with Crippen LogP contribution in [0.5, 0.6) is 0 Å². The van der Waals surface area contributed by atoms with Crippen molar-refractivity contribution in [2.24, 2.45) is 0 Å². The number of hydrogen-bond acceptors (Lipinski definition) is 9. The highest BCUT2D eigenvalue weighted by Crippen LogP contribution is 2.25. The van der Waals surface area contributed by atoms with Gasteiger partial charge in [0.1, 0.15) is 54.2 Å². The molecule has 132 valence electrons. The number of hydrogen-bond donors (Lipinski definition) is 9. The molecule has 1 rings (SSSR count). The topological polar surface area (TPSA) is 182 Å². The lowest BCUT2D eigenvalue weighted by Gasteiger charge is -2.28. The second-order valence-corrected chi connectivity index (χ2v) is 7.79. The summed E-state index contributed by atoms with van der Waals surface area (Å²) in [4.78, 5) is 0. The van der Waals surface area contributed by atoms with Gasteiger partial charge in [-0.1, -0.05) is 0 Å². The van der Waals surface area contributed by atoms with E-state index in [-0.39, 0.29) is 11.5 Å². The summed E-state index contributed by atoms with van der Waals surface area (Å²) in [7, 11) is -0.783. The van der Waals surface area contributed by atoms with Crippen LogP contribution in [0.15, 0.2) is 0 Å². The summed E-state index contributed by atoms with van der Waals surface area (Å²) in [6.45, 7) is -1.21. The van der Waals surface area contributed by atoms with Gasteiger partial charge in [0.05, 0.1) is 13.2 Å². The summed E-state index contributed by atoms with van der Waals surface area (Å²) < 4.78 is 0.